The van der Waals surface area contributed by atoms with Crippen LogP contribution < -0.4 is 4.72 Å². The quantitative estimate of drug-likeness (QED) is 0.609. The van der Waals surface area contributed by atoms with E-state index in [1.807, 2.05) is 20.8 Å². The Labute approximate surface area is 160 Å². The van der Waals surface area contributed by atoms with Gasteiger partial charge < -0.3 is 0 Å². The first-order chi connectivity index (χ1) is 11.8. The summed E-state index contributed by atoms with van der Waals surface area (Å²) in [6.07, 6.45) is -4.74. The molecule has 26 heavy (non-hydrogen) atoms. The lowest BCUT2D eigenvalue weighted by Gasteiger charge is -2.17. The molecule has 0 spiro atoms. The van der Waals surface area contributed by atoms with Crippen LogP contribution in [0.15, 0.2) is 52.3 Å². The van der Waals surface area contributed by atoms with Crippen molar-refractivity contribution in [2.24, 2.45) is 0 Å². The molecular formula is C17H17ClF3NO2S2. The second-order valence-electron chi connectivity index (χ2n) is 6.48. The molecule has 1 N–H and O–H groups in total. The van der Waals surface area contributed by atoms with E-state index < -0.39 is 31.7 Å². The number of anilines is 1. The highest BCUT2D eigenvalue weighted by Crippen LogP contribution is 2.36. The molecule has 2 rings (SSSR count). The van der Waals surface area contributed by atoms with Crippen molar-refractivity contribution in [3.05, 3.63) is 53.1 Å². The Morgan fingerprint density at radius 2 is 1.58 bits per heavy atom. The fourth-order valence-electron chi connectivity index (χ4n) is 2.05. The van der Waals surface area contributed by atoms with Crippen molar-refractivity contribution < 1.29 is 21.6 Å². The number of nitrogens with one attached hydrogen (secondary N) is 1. The molecule has 0 radical (unpaired) electrons. The van der Waals surface area contributed by atoms with E-state index in [4.69, 9.17) is 11.6 Å². The van der Waals surface area contributed by atoms with E-state index in [0.29, 0.717) is 6.07 Å². The minimum Gasteiger partial charge on any atom is -0.280 e. The Kier molecular flexibility index (Phi) is 5.90. The zero-order chi connectivity index (χ0) is 19.8. The van der Waals surface area contributed by atoms with Gasteiger partial charge >= 0.3 is 6.18 Å². The zero-order valence-electron chi connectivity index (χ0n) is 14.2. The molecule has 142 valence electrons. The lowest BCUT2D eigenvalue weighted by Crippen LogP contribution is -2.15. The molecule has 0 bridgehead atoms. The predicted molar refractivity (Wildman–Crippen MR) is 99.3 cm³/mol. The molecule has 2 aromatic rings. The van der Waals surface area contributed by atoms with Gasteiger partial charge in [0.15, 0.2) is 0 Å². The maximum absolute atomic E-state index is 12.9. The third-order valence-electron chi connectivity index (χ3n) is 3.08. The summed E-state index contributed by atoms with van der Waals surface area (Å²) in [5.74, 6) is 0. The molecule has 3 nitrogen and oxygen atoms in total. The van der Waals surface area contributed by atoms with Crippen LogP contribution in [0.3, 0.4) is 0 Å². The van der Waals surface area contributed by atoms with Crippen LogP contribution in [0.1, 0.15) is 26.3 Å². The van der Waals surface area contributed by atoms with Crippen LogP contribution in [0.25, 0.3) is 0 Å². The molecular weight excluding hydrogens is 407 g/mol. The third kappa shape index (κ3) is 5.56. The molecule has 0 saturated heterocycles. The van der Waals surface area contributed by atoms with Crippen LogP contribution in [0.2, 0.25) is 5.02 Å². The zero-order valence-corrected chi connectivity index (χ0v) is 16.6. The van der Waals surface area contributed by atoms with E-state index >= 15 is 0 Å². The summed E-state index contributed by atoms with van der Waals surface area (Å²) in [6.45, 7) is 6.15. The van der Waals surface area contributed by atoms with Gasteiger partial charge in [0.05, 0.1) is 15.5 Å². The van der Waals surface area contributed by atoms with Crippen molar-refractivity contribution in [1.82, 2.24) is 0 Å². The summed E-state index contributed by atoms with van der Waals surface area (Å²) >= 11 is 7.14. The van der Waals surface area contributed by atoms with Crippen molar-refractivity contribution in [1.29, 1.82) is 0 Å². The summed E-state index contributed by atoms with van der Waals surface area (Å²) in [7, 11) is -4.18. The molecule has 2 aromatic carbocycles. The van der Waals surface area contributed by atoms with Gasteiger partial charge in [0.1, 0.15) is 0 Å². The largest absolute Gasteiger partial charge is 0.417 e. The second kappa shape index (κ2) is 7.32. The van der Waals surface area contributed by atoms with Crippen molar-refractivity contribution in [3.63, 3.8) is 0 Å². The topological polar surface area (TPSA) is 46.2 Å². The number of benzene rings is 2. The van der Waals surface area contributed by atoms with Gasteiger partial charge in [-0.05, 0) is 42.5 Å². The monoisotopic (exact) mass is 423 g/mol. The lowest BCUT2D eigenvalue weighted by atomic mass is 10.2. The first-order valence-corrected chi connectivity index (χ1v) is 10.1. The molecule has 0 unspecified atom stereocenters. The average molecular weight is 424 g/mol. The van der Waals surface area contributed by atoms with Crippen molar-refractivity contribution in [2.75, 3.05) is 4.72 Å². The molecule has 0 aromatic heterocycles. The second-order valence-corrected chi connectivity index (χ2v) is 10.5. The summed E-state index contributed by atoms with van der Waals surface area (Å²) in [5, 5.41) is -0.556. The normalized spacial score (nSPS) is 12.9. The maximum Gasteiger partial charge on any atom is 0.417 e. The fourth-order valence-corrected chi connectivity index (χ4v) is 4.34. The molecule has 0 saturated carbocycles. The van der Waals surface area contributed by atoms with E-state index in [9.17, 15) is 21.6 Å². The van der Waals surface area contributed by atoms with Gasteiger partial charge in [-0.25, -0.2) is 8.42 Å². The highest BCUT2D eigenvalue weighted by Gasteiger charge is 2.34. The SMILES string of the molecule is CC(C)(C)Sc1ccc(NS(=O)(=O)c2ccc(Cl)c(C(F)(F)F)c2)cc1. The molecule has 0 amide bonds. The average Bonchev–Trinajstić information content (AvgIpc) is 2.46. The van der Waals surface area contributed by atoms with Crippen LogP contribution in [-0.4, -0.2) is 13.2 Å². The lowest BCUT2D eigenvalue weighted by molar-refractivity contribution is -0.137. The Morgan fingerprint density at radius 3 is 2.08 bits per heavy atom. The number of rotatable bonds is 4. The van der Waals surface area contributed by atoms with E-state index in [2.05, 4.69) is 4.72 Å². The van der Waals surface area contributed by atoms with Gasteiger partial charge in [-0.3, -0.25) is 4.72 Å². The van der Waals surface area contributed by atoms with Gasteiger partial charge in [-0.1, -0.05) is 32.4 Å². The molecule has 0 aliphatic carbocycles. The van der Waals surface area contributed by atoms with Gasteiger partial charge in [-0.2, -0.15) is 13.2 Å². The standard InChI is InChI=1S/C17H17ClF3NO2S2/c1-16(2,3)25-12-6-4-11(5-7-12)22-26(23,24)13-8-9-15(18)14(10-13)17(19,20)21/h4-10,22H,1-3H3. The molecule has 9 heteroatoms. The van der Waals surface area contributed by atoms with Gasteiger partial charge in [0.25, 0.3) is 10.0 Å². The highest BCUT2D eigenvalue weighted by molar-refractivity contribution is 8.00. The first kappa shape index (κ1) is 20.9. The Bertz CT molecular complexity index is 890. The van der Waals surface area contributed by atoms with Crippen LogP contribution in [0.5, 0.6) is 0 Å². The summed E-state index contributed by atoms with van der Waals surface area (Å²) in [6, 6.07) is 9.09. The number of halogens is 4. The minimum absolute atomic E-state index is 0.00166. The number of alkyl halides is 3. The molecule has 0 aliphatic rings. The van der Waals surface area contributed by atoms with Crippen LogP contribution in [0, 0.1) is 0 Å². The number of sulfonamides is 1. The van der Waals surface area contributed by atoms with Gasteiger partial charge in [0.2, 0.25) is 0 Å². The molecule has 0 aliphatic heterocycles. The number of thioether (sulfide) groups is 1. The van der Waals surface area contributed by atoms with Gasteiger partial charge in [0, 0.05) is 15.3 Å². The minimum atomic E-state index is -4.74. The predicted octanol–water partition coefficient (Wildman–Crippen LogP) is 6.05. The molecule has 0 heterocycles. The van der Waals surface area contributed by atoms with Crippen molar-refractivity contribution in [2.45, 2.75) is 41.5 Å². The maximum atomic E-state index is 12.9. The third-order valence-corrected chi connectivity index (χ3v) is 5.91. The van der Waals surface area contributed by atoms with Crippen LogP contribution in [0.4, 0.5) is 18.9 Å². The van der Waals surface area contributed by atoms with E-state index in [-0.39, 0.29) is 10.4 Å². The fraction of sp³-hybridized carbons (Fsp3) is 0.294. The van der Waals surface area contributed by atoms with Crippen LogP contribution >= 0.6 is 23.4 Å². The van der Waals surface area contributed by atoms with E-state index in [1.54, 1.807) is 36.0 Å². The Morgan fingerprint density at radius 1 is 1.00 bits per heavy atom. The van der Waals surface area contributed by atoms with E-state index in [1.165, 1.54) is 0 Å². The van der Waals surface area contributed by atoms with Crippen molar-refractivity contribution >= 4 is 39.1 Å². The Balaban J connectivity index is 2.26. The van der Waals surface area contributed by atoms with Gasteiger partial charge in [-0.15, -0.1) is 11.8 Å². The van der Waals surface area contributed by atoms with Crippen LogP contribution in [-0.2, 0) is 16.2 Å². The summed E-state index contributed by atoms with van der Waals surface area (Å²) in [4.78, 5) is 0.439. The summed E-state index contributed by atoms with van der Waals surface area (Å²) < 4.78 is 65.8. The molecule has 0 atom stereocenters. The number of hydrogen-bond acceptors (Lipinski definition) is 3. The Hall–Kier alpha value is -1.38. The number of hydrogen-bond donors (Lipinski definition) is 1. The molecule has 0 fully saturated rings. The highest BCUT2D eigenvalue weighted by atomic mass is 35.5. The van der Waals surface area contributed by atoms with Crippen molar-refractivity contribution in [3.8, 4) is 0 Å². The summed E-state index contributed by atoms with van der Waals surface area (Å²) in [5.41, 5.74) is -0.939. The smallest absolute Gasteiger partial charge is 0.280 e. The van der Waals surface area contributed by atoms with E-state index in [0.717, 1.165) is 17.0 Å². The first-order valence-electron chi connectivity index (χ1n) is 7.47.